The lowest BCUT2D eigenvalue weighted by Gasteiger charge is -2.18. The van der Waals surface area contributed by atoms with Crippen LogP contribution in [0, 0.1) is 23.7 Å². The maximum absolute atomic E-state index is 9.71. The first-order chi connectivity index (χ1) is 15.1. The van der Waals surface area contributed by atoms with Crippen molar-refractivity contribution in [2.45, 2.75) is 47.0 Å². The summed E-state index contributed by atoms with van der Waals surface area (Å²) in [5.41, 5.74) is 4.20. The van der Waals surface area contributed by atoms with Crippen molar-refractivity contribution in [3.63, 3.8) is 0 Å². The highest BCUT2D eigenvalue weighted by molar-refractivity contribution is 6.35. The Labute approximate surface area is 200 Å². The number of ether oxygens (including phenoxy) is 2. The molecule has 168 valence electrons. The summed E-state index contributed by atoms with van der Waals surface area (Å²) < 4.78 is 11.6. The van der Waals surface area contributed by atoms with E-state index in [0.717, 1.165) is 40.4 Å². The number of benzene rings is 2. The summed E-state index contributed by atoms with van der Waals surface area (Å²) in [4.78, 5) is 4.50. The predicted molar refractivity (Wildman–Crippen MR) is 131 cm³/mol. The molecule has 0 unspecified atom stereocenters. The van der Waals surface area contributed by atoms with E-state index >= 15 is 0 Å². The zero-order chi connectivity index (χ0) is 23.5. The van der Waals surface area contributed by atoms with Gasteiger partial charge in [-0.1, -0.05) is 50.0 Å². The molecule has 0 saturated heterocycles. The third-order valence-electron chi connectivity index (χ3n) is 5.41. The van der Waals surface area contributed by atoms with Crippen LogP contribution in [0.4, 0.5) is 0 Å². The molecule has 0 bridgehead atoms. The molecular formula is C26H28Cl2N2O2. The van der Waals surface area contributed by atoms with Gasteiger partial charge in [-0.25, -0.2) is 0 Å². The fourth-order valence-corrected chi connectivity index (χ4v) is 4.09. The van der Waals surface area contributed by atoms with Gasteiger partial charge in [-0.05, 0) is 54.0 Å². The van der Waals surface area contributed by atoms with Crippen LogP contribution in [0.1, 0.15) is 55.9 Å². The Kier molecular flexibility index (Phi) is 7.54. The Morgan fingerprint density at radius 2 is 1.81 bits per heavy atom. The highest BCUT2D eigenvalue weighted by atomic mass is 35.5. The summed E-state index contributed by atoms with van der Waals surface area (Å²) in [6.45, 7) is 9.19. The Morgan fingerprint density at radius 1 is 1.06 bits per heavy atom. The maximum Gasteiger partial charge on any atom is 0.163 e. The van der Waals surface area contributed by atoms with E-state index in [2.05, 4.69) is 31.8 Å². The molecule has 0 radical (unpaired) electrons. The fraction of sp³-hybridized carbons (Fsp3) is 0.385. The van der Waals surface area contributed by atoms with E-state index in [1.54, 1.807) is 19.4 Å². The molecule has 0 aliphatic carbocycles. The minimum absolute atomic E-state index is 0.266. The van der Waals surface area contributed by atoms with Gasteiger partial charge in [0, 0.05) is 34.1 Å². The number of nitriles is 1. The zero-order valence-corrected chi connectivity index (χ0v) is 20.7. The molecule has 1 aromatic heterocycles. The number of hydrogen-bond acceptors (Lipinski definition) is 4. The predicted octanol–water partition coefficient (Wildman–Crippen LogP) is 7.53. The summed E-state index contributed by atoms with van der Waals surface area (Å²) in [6.07, 6.45) is 4.10. The smallest absolute Gasteiger partial charge is 0.163 e. The highest BCUT2D eigenvalue weighted by Crippen LogP contribution is 2.36. The molecule has 0 N–H and O–H groups in total. The highest BCUT2D eigenvalue weighted by Gasteiger charge is 2.17. The van der Waals surface area contributed by atoms with Crippen molar-refractivity contribution in [3.8, 4) is 17.6 Å². The summed E-state index contributed by atoms with van der Waals surface area (Å²) in [5.74, 6) is 1.27. The minimum atomic E-state index is 0.266. The molecule has 0 fully saturated rings. The molecule has 0 atom stereocenters. The molecule has 6 heteroatoms. The molecule has 1 heterocycles. The topological polar surface area (TPSA) is 55.1 Å². The SMILES string of the molecule is COc1cc2c(Cc3cc(C)c(Cl)cc3Cl)c(C#N)cnc2cc1OCCCC(C)(C)C. The van der Waals surface area contributed by atoms with E-state index in [1.165, 1.54) is 0 Å². The molecule has 3 aromatic rings. The van der Waals surface area contributed by atoms with Crippen LogP contribution in [-0.4, -0.2) is 18.7 Å². The second kappa shape index (κ2) is 9.98. The van der Waals surface area contributed by atoms with E-state index in [1.807, 2.05) is 25.1 Å². The van der Waals surface area contributed by atoms with E-state index in [9.17, 15) is 5.26 Å². The van der Waals surface area contributed by atoms with Crippen molar-refractivity contribution in [2.24, 2.45) is 5.41 Å². The van der Waals surface area contributed by atoms with Crippen molar-refractivity contribution in [1.82, 2.24) is 4.98 Å². The van der Waals surface area contributed by atoms with E-state index in [4.69, 9.17) is 32.7 Å². The number of aromatic nitrogens is 1. The van der Waals surface area contributed by atoms with E-state index in [-0.39, 0.29) is 5.41 Å². The molecule has 0 spiro atoms. The number of hydrogen-bond donors (Lipinski definition) is 0. The third kappa shape index (κ3) is 5.65. The average molecular weight is 471 g/mol. The Hall–Kier alpha value is -2.48. The molecule has 0 amide bonds. The molecule has 4 nitrogen and oxygen atoms in total. The zero-order valence-electron chi connectivity index (χ0n) is 19.2. The van der Waals surface area contributed by atoms with Gasteiger partial charge in [0.15, 0.2) is 11.5 Å². The number of methoxy groups -OCH3 is 1. The van der Waals surface area contributed by atoms with Crippen molar-refractivity contribution in [2.75, 3.05) is 13.7 Å². The summed E-state index contributed by atoms with van der Waals surface area (Å²) in [7, 11) is 1.61. The van der Waals surface area contributed by atoms with Gasteiger partial charge in [0.1, 0.15) is 6.07 Å². The van der Waals surface area contributed by atoms with Crippen LogP contribution >= 0.6 is 23.2 Å². The third-order valence-corrected chi connectivity index (χ3v) is 6.17. The molecule has 0 saturated carbocycles. The van der Waals surface area contributed by atoms with Crippen LogP contribution in [-0.2, 0) is 6.42 Å². The standard InChI is InChI=1S/C26H28Cl2N2O2/c1-16-9-17(22(28)12-21(16)27)10-19-18(14-29)15-30-23-13-25(24(31-5)11-20(19)23)32-8-6-7-26(2,3)4/h9,11-13,15H,6-8,10H2,1-5H3. The van der Waals surface area contributed by atoms with Crippen LogP contribution < -0.4 is 9.47 Å². The van der Waals surface area contributed by atoms with Gasteiger partial charge in [-0.2, -0.15) is 5.26 Å². The van der Waals surface area contributed by atoms with Gasteiger partial charge in [0.2, 0.25) is 0 Å². The van der Waals surface area contributed by atoms with Crippen molar-refractivity contribution < 1.29 is 9.47 Å². The lowest BCUT2D eigenvalue weighted by atomic mass is 9.91. The monoisotopic (exact) mass is 470 g/mol. The first-order valence-corrected chi connectivity index (χ1v) is 11.4. The van der Waals surface area contributed by atoms with Gasteiger partial charge in [-0.3, -0.25) is 4.98 Å². The molecule has 0 aliphatic heterocycles. The number of pyridine rings is 1. The van der Waals surface area contributed by atoms with E-state index < -0.39 is 0 Å². The lowest BCUT2D eigenvalue weighted by Crippen LogP contribution is -2.08. The van der Waals surface area contributed by atoms with Gasteiger partial charge >= 0.3 is 0 Å². The minimum Gasteiger partial charge on any atom is -0.493 e. The van der Waals surface area contributed by atoms with Crippen molar-refractivity contribution in [3.05, 3.63) is 62.8 Å². The van der Waals surface area contributed by atoms with E-state index in [0.29, 0.717) is 40.1 Å². The van der Waals surface area contributed by atoms with Crippen LogP contribution in [0.2, 0.25) is 10.0 Å². The number of halogens is 2. The summed E-state index contributed by atoms with van der Waals surface area (Å²) in [5, 5.41) is 11.7. The van der Waals surface area contributed by atoms with Gasteiger partial charge < -0.3 is 9.47 Å². The quantitative estimate of drug-likeness (QED) is 0.334. The lowest BCUT2D eigenvalue weighted by molar-refractivity contribution is 0.258. The molecule has 32 heavy (non-hydrogen) atoms. The average Bonchev–Trinajstić information content (AvgIpc) is 2.73. The summed E-state index contributed by atoms with van der Waals surface area (Å²) in [6, 6.07) is 9.74. The van der Waals surface area contributed by atoms with Gasteiger partial charge in [-0.15, -0.1) is 0 Å². The van der Waals surface area contributed by atoms with Crippen molar-refractivity contribution in [1.29, 1.82) is 5.26 Å². The number of nitrogens with zero attached hydrogens (tertiary/aromatic N) is 2. The second-order valence-electron chi connectivity index (χ2n) is 9.16. The maximum atomic E-state index is 9.71. The summed E-state index contributed by atoms with van der Waals surface area (Å²) >= 11 is 12.7. The van der Waals surface area contributed by atoms with Crippen molar-refractivity contribution >= 4 is 34.1 Å². The largest absolute Gasteiger partial charge is 0.493 e. The van der Waals surface area contributed by atoms with Crippen LogP contribution in [0.5, 0.6) is 11.5 Å². The first kappa shape index (κ1) is 24.2. The fourth-order valence-electron chi connectivity index (χ4n) is 3.64. The molecular weight excluding hydrogens is 443 g/mol. The van der Waals surface area contributed by atoms with Crippen LogP contribution in [0.25, 0.3) is 10.9 Å². The van der Waals surface area contributed by atoms with Gasteiger partial charge in [0.05, 0.1) is 24.8 Å². The Balaban J connectivity index is 2.00. The Bertz CT molecular complexity index is 1180. The molecule has 3 rings (SSSR count). The number of aryl methyl sites for hydroxylation is 1. The number of rotatable bonds is 7. The first-order valence-electron chi connectivity index (χ1n) is 10.6. The second-order valence-corrected chi connectivity index (χ2v) is 9.98. The normalized spacial score (nSPS) is 11.4. The van der Waals surface area contributed by atoms with Gasteiger partial charge in [0.25, 0.3) is 0 Å². The number of fused-ring (bicyclic) bond motifs is 1. The molecule has 2 aromatic carbocycles. The van der Waals surface area contributed by atoms with Crippen LogP contribution in [0.15, 0.2) is 30.5 Å². The van der Waals surface area contributed by atoms with Crippen LogP contribution in [0.3, 0.4) is 0 Å². The molecule has 0 aliphatic rings. The Morgan fingerprint density at radius 3 is 2.47 bits per heavy atom.